The Morgan fingerprint density at radius 1 is 1.25 bits per heavy atom. The van der Waals surface area contributed by atoms with E-state index in [1.165, 1.54) is 0 Å². The Balaban J connectivity index is 2.23. The van der Waals surface area contributed by atoms with Crippen LogP contribution in [0.5, 0.6) is 0 Å². The number of halogens is 1. The van der Waals surface area contributed by atoms with E-state index in [1.54, 1.807) is 6.20 Å². The monoisotopic (exact) mass is 332 g/mol. The van der Waals surface area contributed by atoms with Crippen molar-refractivity contribution in [3.63, 3.8) is 0 Å². The molecule has 0 atom stereocenters. The first-order valence-corrected chi connectivity index (χ1v) is 7.33. The second kappa shape index (κ2) is 6.66. The van der Waals surface area contributed by atoms with Gasteiger partial charge in [0.25, 0.3) is 5.91 Å². The van der Waals surface area contributed by atoms with Crippen molar-refractivity contribution < 1.29 is 4.79 Å². The molecule has 1 aromatic carbocycles. The van der Waals surface area contributed by atoms with E-state index in [1.807, 2.05) is 61.2 Å². The number of hydrogen-bond donors (Lipinski definition) is 0. The van der Waals surface area contributed by atoms with Gasteiger partial charge in [-0.05, 0) is 44.2 Å². The van der Waals surface area contributed by atoms with Crippen LogP contribution in [0.25, 0.3) is 0 Å². The minimum absolute atomic E-state index is 0.0203. The van der Waals surface area contributed by atoms with Crippen LogP contribution in [0, 0.1) is 0 Å². The highest BCUT2D eigenvalue weighted by atomic mass is 79.9. The van der Waals surface area contributed by atoms with Crippen molar-refractivity contribution in [1.29, 1.82) is 0 Å². The Labute approximate surface area is 127 Å². The second-order valence-electron chi connectivity index (χ2n) is 4.86. The van der Waals surface area contributed by atoms with Gasteiger partial charge in [-0.2, -0.15) is 0 Å². The predicted molar refractivity (Wildman–Crippen MR) is 83.4 cm³/mol. The molecule has 2 rings (SSSR count). The van der Waals surface area contributed by atoms with Gasteiger partial charge in [0, 0.05) is 22.3 Å². The maximum atomic E-state index is 12.6. The SMILES string of the molecule is CC(C)N(Cc1ccccn1)C(=O)c1cccc(Br)c1. The van der Waals surface area contributed by atoms with Crippen LogP contribution in [0.15, 0.2) is 53.1 Å². The molecule has 0 bridgehead atoms. The van der Waals surface area contributed by atoms with Crippen molar-refractivity contribution in [3.8, 4) is 0 Å². The Morgan fingerprint density at radius 2 is 2.05 bits per heavy atom. The molecule has 1 amide bonds. The maximum Gasteiger partial charge on any atom is 0.254 e. The van der Waals surface area contributed by atoms with E-state index in [-0.39, 0.29) is 11.9 Å². The van der Waals surface area contributed by atoms with Crippen molar-refractivity contribution in [1.82, 2.24) is 9.88 Å². The van der Waals surface area contributed by atoms with Crippen LogP contribution < -0.4 is 0 Å². The molecule has 0 unspecified atom stereocenters. The highest BCUT2D eigenvalue weighted by molar-refractivity contribution is 9.10. The Morgan fingerprint density at radius 3 is 2.65 bits per heavy atom. The van der Waals surface area contributed by atoms with E-state index < -0.39 is 0 Å². The topological polar surface area (TPSA) is 33.2 Å². The van der Waals surface area contributed by atoms with E-state index in [0.29, 0.717) is 12.1 Å². The number of aromatic nitrogens is 1. The molecule has 1 heterocycles. The van der Waals surface area contributed by atoms with E-state index in [4.69, 9.17) is 0 Å². The van der Waals surface area contributed by atoms with Crippen molar-refractivity contribution in [2.45, 2.75) is 26.4 Å². The standard InChI is InChI=1S/C16H17BrN2O/c1-12(2)19(11-15-8-3-4-9-18-15)16(20)13-6-5-7-14(17)10-13/h3-10,12H,11H2,1-2H3. The first-order chi connectivity index (χ1) is 9.58. The van der Waals surface area contributed by atoms with Crippen LogP contribution in [0.1, 0.15) is 29.9 Å². The molecule has 0 saturated heterocycles. The summed E-state index contributed by atoms with van der Waals surface area (Å²) in [7, 11) is 0. The molecule has 4 heteroatoms. The number of carbonyl (C=O) groups excluding carboxylic acids is 1. The molecule has 0 N–H and O–H groups in total. The number of carbonyl (C=O) groups is 1. The van der Waals surface area contributed by atoms with Crippen LogP contribution in [-0.4, -0.2) is 21.8 Å². The van der Waals surface area contributed by atoms with Crippen LogP contribution in [0.4, 0.5) is 0 Å². The summed E-state index contributed by atoms with van der Waals surface area (Å²) >= 11 is 3.40. The summed E-state index contributed by atoms with van der Waals surface area (Å²) in [6, 6.07) is 13.3. The summed E-state index contributed by atoms with van der Waals surface area (Å²) in [5.74, 6) is 0.0203. The molecule has 0 aliphatic heterocycles. The van der Waals surface area contributed by atoms with Crippen LogP contribution >= 0.6 is 15.9 Å². The lowest BCUT2D eigenvalue weighted by molar-refractivity contribution is 0.0687. The number of nitrogens with zero attached hydrogens (tertiary/aromatic N) is 2. The van der Waals surface area contributed by atoms with Gasteiger partial charge in [0.05, 0.1) is 12.2 Å². The van der Waals surface area contributed by atoms with E-state index in [9.17, 15) is 4.79 Å². The predicted octanol–water partition coefficient (Wildman–Crippen LogP) is 3.89. The first kappa shape index (κ1) is 14.7. The largest absolute Gasteiger partial charge is 0.330 e. The fourth-order valence-electron chi connectivity index (χ4n) is 1.94. The molecule has 0 spiro atoms. The van der Waals surface area contributed by atoms with Gasteiger partial charge in [-0.15, -0.1) is 0 Å². The Hall–Kier alpha value is -1.68. The van der Waals surface area contributed by atoms with Gasteiger partial charge in [0.2, 0.25) is 0 Å². The minimum atomic E-state index is 0.0203. The van der Waals surface area contributed by atoms with Gasteiger partial charge in [-0.1, -0.05) is 28.1 Å². The lowest BCUT2D eigenvalue weighted by Gasteiger charge is -2.26. The van der Waals surface area contributed by atoms with Gasteiger partial charge >= 0.3 is 0 Å². The number of amides is 1. The first-order valence-electron chi connectivity index (χ1n) is 6.54. The summed E-state index contributed by atoms with van der Waals surface area (Å²) < 4.78 is 0.907. The van der Waals surface area contributed by atoms with Crippen molar-refractivity contribution in [2.75, 3.05) is 0 Å². The second-order valence-corrected chi connectivity index (χ2v) is 5.77. The van der Waals surface area contributed by atoms with Crippen LogP contribution in [0.3, 0.4) is 0 Å². The van der Waals surface area contributed by atoms with Crippen molar-refractivity contribution in [2.24, 2.45) is 0 Å². The van der Waals surface area contributed by atoms with Gasteiger partial charge < -0.3 is 4.90 Å². The van der Waals surface area contributed by atoms with E-state index in [2.05, 4.69) is 20.9 Å². The van der Waals surface area contributed by atoms with Crippen molar-refractivity contribution >= 4 is 21.8 Å². The molecule has 20 heavy (non-hydrogen) atoms. The number of benzene rings is 1. The van der Waals surface area contributed by atoms with Crippen molar-refractivity contribution in [3.05, 3.63) is 64.4 Å². The fraction of sp³-hybridized carbons (Fsp3) is 0.250. The molecule has 0 aliphatic carbocycles. The molecule has 3 nitrogen and oxygen atoms in total. The van der Waals surface area contributed by atoms with Gasteiger partial charge in [-0.3, -0.25) is 9.78 Å². The zero-order chi connectivity index (χ0) is 14.5. The fourth-order valence-corrected chi connectivity index (χ4v) is 2.34. The average Bonchev–Trinajstić information content (AvgIpc) is 2.45. The molecule has 1 aromatic heterocycles. The minimum Gasteiger partial charge on any atom is -0.330 e. The van der Waals surface area contributed by atoms with Gasteiger partial charge in [0.1, 0.15) is 0 Å². The molecule has 104 valence electrons. The summed E-state index contributed by atoms with van der Waals surface area (Å²) in [6.07, 6.45) is 1.75. The smallest absolute Gasteiger partial charge is 0.254 e. The summed E-state index contributed by atoms with van der Waals surface area (Å²) in [5.41, 5.74) is 1.58. The molecule has 2 aromatic rings. The number of hydrogen-bond acceptors (Lipinski definition) is 2. The van der Waals surface area contributed by atoms with E-state index in [0.717, 1.165) is 10.2 Å². The Bertz CT molecular complexity index is 584. The maximum absolute atomic E-state index is 12.6. The number of pyridine rings is 1. The lowest BCUT2D eigenvalue weighted by Crippen LogP contribution is -2.36. The molecule has 0 radical (unpaired) electrons. The van der Waals surface area contributed by atoms with Gasteiger partial charge in [0.15, 0.2) is 0 Å². The molecular weight excluding hydrogens is 316 g/mol. The molecule has 0 fully saturated rings. The highest BCUT2D eigenvalue weighted by Gasteiger charge is 2.19. The molecular formula is C16H17BrN2O. The zero-order valence-electron chi connectivity index (χ0n) is 11.6. The van der Waals surface area contributed by atoms with Crippen LogP contribution in [0.2, 0.25) is 0 Å². The zero-order valence-corrected chi connectivity index (χ0v) is 13.2. The summed E-state index contributed by atoms with van der Waals surface area (Å²) in [5, 5.41) is 0. The average molecular weight is 333 g/mol. The third kappa shape index (κ3) is 3.67. The quantitative estimate of drug-likeness (QED) is 0.850. The summed E-state index contributed by atoms with van der Waals surface area (Å²) in [6.45, 7) is 4.54. The van der Waals surface area contributed by atoms with Crippen LogP contribution in [-0.2, 0) is 6.54 Å². The third-order valence-corrected chi connectivity index (χ3v) is 3.51. The highest BCUT2D eigenvalue weighted by Crippen LogP contribution is 2.16. The molecule has 0 saturated carbocycles. The lowest BCUT2D eigenvalue weighted by atomic mass is 10.1. The molecule has 0 aliphatic rings. The summed E-state index contributed by atoms with van der Waals surface area (Å²) in [4.78, 5) is 18.7. The van der Waals surface area contributed by atoms with Gasteiger partial charge in [-0.25, -0.2) is 0 Å². The number of rotatable bonds is 4. The van der Waals surface area contributed by atoms with E-state index >= 15 is 0 Å². The normalized spacial score (nSPS) is 10.6. The third-order valence-electron chi connectivity index (χ3n) is 3.01. The Kier molecular flexibility index (Phi) is 4.90.